The quantitative estimate of drug-likeness (QED) is 0.665. The number of nitrogens with one attached hydrogen (secondary N) is 2. The predicted molar refractivity (Wildman–Crippen MR) is 104 cm³/mol. The first-order valence-electron chi connectivity index (χ1n) is 9.76. The largest absolute Gasteiger partial charge is 0.496 e. The van der Waals surface area contributed by atoms with Gasteiger partial charge in [0.25, 0.3) is 5.91 Å². The molecular weight excluding hydrogens is 376 g/mol. The van der Waals surface area contributed by atoms with E-state index in [0.717, 1.165) is 5.56 Å². The fraction of sp³-hybridized carbons (Fsp3) is 0.500. The first-order valence-corrected chi connectivity index (χ1v) is 9.76. The maximum absolute atomic E-state index is 12.7. The highest BCUT2D eigenvalue weighted by Gasteiger charge is 2.30. The fourth-order valence-corrected chi connectivity index (χ4v) is 3.63. The number of methoxy groups -OCH3 is 1. The number of urea groups is 1. The summed E-state index contributed by atoms with van der Waals surface area (Å²) in [5, 5.41) is 4.65. The number of hydrogen-bond acceptors (Lipinski definition) is 5. The molecule has 2 saturated heterocycles. The summed E-state index contributed by atoms with van der Waals surface area (Å²) in [6.07, 6.45) is 1.40. The van der Waals surface area contributed by atoms with E-state index >= 15 is 0 Å². The number of ether oxygens (including phenoxy) is 1. The zero-order valence-corrected chi connectivity index (χ0v) is 16.5. The van der Waals surface area contributed by atoms with Crippen molar-refractivity contribution >= 4 is 23.8 Å². The van der Waals surface area contributed by atoms with E-state index in [0.29, 0.717) is 38.3 Å². The standard InChI is InChI=1S/C20H26N4O5/c1-29-16-6-3-2-5-14(16)13-18(26)24-10-4-9-23(11-12-24)17(25)8-7-15-19(27)22-20(28)21-15/h2-3,5-6,15H,4,7-13H2,1H3,(H2,21,22,27,28). The second kappa shape index (κ2) is 9.40. The van der Waals surface area contributed by atoms with Crippen LogP contribution in [0.15, 0.2) is 24.3 Å². The van der Waals surface area contributed by atoms with Gasteiger partial charge < -0.3 is 19.9 Å². The topological polar surface area (TPSA) is 108 Å². The monoisotopic (exact) mass is 402 g/mol. The van der Waals surface area contributed by atoms with E-state index in [1.54, 1.807) is 16.9 Å². The minimum Gasteiger partial charge on any atom is -0.496 e. The molecule has 0 bridgehead atoms. The van der Waals surface area contributed by atoms with Crippen molar-refractivity contribution in [2.45, 2.75) is 31.7 Å². The minimum absolute atomic E-state index is 0.00846. The third kappa shape index (κ3) is 5.24. The van der Waals surface area contributed by atoms with Gasteiger partial charge in [-0.1, -0.05) is 18.2 Å². The van der Waals surface area contributed by atoms with E-state index in [4.69, 9.17) is 4.74 Å². The van der Waals surface area contributed by atoms with E-state index in [-0.39, 0.29) is 31.1 Å². The van der Waals surface area contributed by atoms with Crippen LogP contribution in [0.5, 0.6) is 5.75 Å². The Morgan fingerprint density at radius 1 is 1.07 bits per heavy atom. The lowest BCUT2D eigenvalue weighted by Gasteiger charge is -2.23. The summed E-state index contributed by atoms with van der Waals surface area (Å²) < 4.78 is 5.31. The van der Waals surface area contributed by atoms with E-state index < -0.39 is 18.0 Å². The lowest BCUT2D eigenvalue weighted by atomic mass is 10.1. The molecule has 1 aromatic carbocycles. The third-order valence-electron chi connectivity index (χ3n) is 5.24. The van der Waals surface area contributed by atoms with Gasteiger partial charge >= 0.3 is 6.03 Å². The molecule has 9 nitrogen and oxygen atoms in total. The van der Waals surface area contributed by atoms with Gasteiger partial charge in [-0.15, -0.1) is 0 Å². The Kier molecular flexibility index (Phi) is 6.69. The van der Waals surface area contributed by atoms with Crippen LogP contribution in [0.4, 0.5) is 4.79 Å². The third-order valence-corrected chi connectivity index (χ3v) is 5.24. The predicted octanol–water partition coefficient (Wildman–Crippen LogP) is 0.287. The van der Waals surface area contributed by atoms with Crippen LogP contribution in [0.25, 0.3) is 0 Å². The molecule has 5 amide bonds. The second-order valence-electron chi connectivity index (χ2n) is 7.16. The zero-order chi connectivity index (χ0) is 20.8. The van der Waals surface area contributed by atoms with Crippen LogP contribution in [0.3, 0.4) is 0 Å². The number of rotatable bonds is 6. The van der Waals surface area contributed by atoms with Gasteiger partial charge in [-0.3, -0.25) is 19.7 Å². The van der Waals surface area contributed by atoms with Gasteiger partial charge in [0.2, 0.25) is 11.8 Å². The Morgan fingerprint density at radius 2 is 1.76 bits per heavy atom. The number of carbonyl (C=O) groups excluding carboxylic acids is 4. The highest BCUT2D eigenvalue weighted by atomic mass is 16.5. The molecule has 1 unspecified atom stereocenters. The summed E-state index contributed by atoms with van der Waals surface area (Å²) in [5.74, 6) is 0.231. The molecule has 0 aromatic heterocycles. The number of para-hydroxylation sites is 1. The molecule has 1 atom stereocenters. The average molecular weight is 402 g/mol. The van der Waals surface area contributed by atoms with Crippen molar-refractivity contribution in [1.82, 2.24) is 20.4 Å². The van der Waals surface area contributed by atoms with Crippen LogP contribution >= 0.6 is 0 Å². The number of benzene rings is 1. The van der Waals surface area contributed by atoms with Gasteiger partial charge in [0.15, 0.2) is 0 Å². The van der Waals surface area contributed by atoms with Gasteiger partial charge in [-0.25, -0.2) is 4.79 Å². The summed E-state index contributed by atoms with van der Waals surface area (Å²) in [6, 6.07) is 6.27. The summed E-state index contributed by atoms with van der Waals surface area (Å²) in [6.45, 7) is 2.10. The Morgan fingerprint density at radius 3 is 2.41 bits per heavy atom. The molecule has 2 fully saturated rings. The summed E-state index contributed by atoms with van der Waals surface area (Å²) in [5.41, 5.74) is 0.842. The summed E-state index contributed by atoms with van der Waals surface area (Å²) in [7, 11) is 1.58. The van der Waals surface area contributed by atoms with Crippen LogP contribution in [-0.2, 0) is 20.8 Å². The van der Waals surface area contributed by atoms with Crippen molar-refractivity contribution in [2.24, 2.45) is 0 Å². The van der Waals surface area contributed by atoms with Crippen LogP contribution < -0.4 is 15.4 Å². The van der Waals surface area contributed by atoms with Crippen molar-refractivity contribution < 1.29 is 23.9 Å². The average Bonchev–Trinajstić information content (AvgIpc) is 2.90. The van der Waals surface area contributed by atoms with Gasteiger partial charge in [0.1, 0.15) is 11.8 Å². The highest BCUT2D eigenvalue weighted by Crippen LogP contribution is 2.19. The van der Waals surface area contributed by atoms with Crippen LogP contribution in [-0.4, -0.2) is 72.9 Å². The molecule has 29 heavy (non-hydrogen) atoms. The summed E-state index contributed by atoms with van der Waals surface area (Å²) in [4.78, 5) is 51.4. The van der Waals surface area contributed by atoms with Crippen molar-refractivity contribution in [1.29, 1.82) is 0 Å². The Bertz CT molecular complexity index is 797. The fourth-order valence-electron chi connectivity index (χ4n) is 3.63. The van der Waals surface area contributed by atoms with E-state index in [1.807, 2.05) is 24.3 Å². The number of carbonyl (C=O) groups is 4. The molecule has 3 rings (SSSR count). The lowest BCUT2D eigenvalue weighted by Crippen LogP contribution is -2.38. The normalized spacial score (nSPS) is 19.4. The molecule has 2 aliphatic heterocycles. The molecular formula is C20H26N4O5. The van der Waals surface area contributed by atoms with Crippen LogP contribution in [0, 0.1) is 0 Å². The lowest BCUT2D eigenvalue weighted by molar-refractivity contribution is -0.133. The molecule has 1 aromatic rings. The number of hydrogen-bond donors (Lipinski definition) is 2. The van der Waals surface area contributed by atoms with Crippen LogP contribution in [0.1, 0.15) is 24.8 Å². The van der Waals surface area contributed by atoms with Crippen LogP contribution in [0.2, 0.25) is 0 Å². The second-order valence-corrected chi connectivity index (χ2v) is 7.16. The minimum atomic E-state index is -0.655. The maximum atomic E-state index is 12.7. The van der Waals surface area contributed by atoms with E-state index in [9.17, 15) is 19.2 Å². The molecule has 0 saturated carbocycles. The van der Waals surface area contributed by atoms with Gasteiger partial charge in [-0.2, -0.15) is 0 Å². The highest BCUT2D eigenvalue weighted by molar-refractivity contribution is 6.04. The van der Waals surface area contributed by atoms with Gasteiger partial charge in [0.05, 0.1) is 13.5 Å². The molecule has 2 N–H and O–H groups in total. The summed E-state index contributed by atoms with van der Waals surface area (Å²) >= 11 is 0. The van der Waals surface area contributed by atoms with Crippen molar-refractivity contribution in [2.75, 3.05) is 33.3 Å². The number of imide groups is 1. The Labute approximate surface area is 169 Å². The maximum Gasteiger partial charge on any atom is 0.322 e. The SMILES string of the molecule is COc1ccccc1CC(=O)N1CCCN(C(=O)CCC2NC(=O)NC2=O)CC1. The molecule has 2 aliphatic rings. The molecule has 0 aliphatic carbocycles. The molecule has 0 radical (unpaired) electrons. The Balaban J connectivity index is 1.49. The van der Waals surface area contributed by atoms with Crippen molar-refractivity contribution in [3.8, 4) is 5.75 Å². The smallest absolute Gasteiger partial charge is 0.322 e. The molecule has 2 heterocycles. The van der Waals surface area contributed by atoms with E-state index in [2.05, 4.69) is 10.6 Å². The first kappa shape index (κ1) is 20.6. The first-order chi connectivity index (χ1) is 14.0. The Hall–Kier alpha value is -3.10. The van der Waals surface area contributed by atoms with E-state index in [1.165, 1.54) is 0 Å². The molecule has 156 valence electrons. The molecule has 0 spiro atoms. The number of nitrogens with zero attached hydrogens (tertiary/aromatic N) is 2. The van der Waals surface area contributed by atoms with Crippen molar-refractivity contribution in [3.05, 3.63) is 29.8 Å². The van der Waals surface area contributed by atoms with Crippen molar-refractivity contribution in [3.63, 3.8) is 0 Å². The molecule has 9 heteroatoms. The van der Waals surface area contributed by atoms with Gasteiger partial charge in [0, 0.05) is 38.2 Å². The van der Waals surface area contributed by atoms with Gasteiger partial charge in [-0.05, 0) is 18.9 Å². The number of amides is 5. The zero-order valence-electron chi connectivity index (χ0n) is 16.5.